The lowest BCUT2D eigenvalue weighted by molar-refractivity contribution is -0.120. The Hall–Kier alpha value is -1.88. The molecule has 0 radical (unpaired) electrons. The third-order valence-electron chi connectivity index (χ3n) is 3.48. The summed E-state index contributed by atoms with van der Waals surface area (Å²) >= 11 is 1.66. The van der Waals surface area contributed by atoms with Crippen molar-refractivity contribution in [2.45, 2.75) is 33.2 Å². The second-order valence-corrected chi connectivity index (χ2v) is 6.76. The number of rotatable bonds is 6. The molecule has 0 spiro atoms. The third kappa shape index (κ3) is 4.31. The molecule has 1 aromatic heterocycles. The molecule has 0 aliphatic carbocycles. The van der Waals surface area contributed by atoms with Gasteiger partial charge in [-0.2, -0.15) is 0 Å². The van der Waals surface area contributed by atoms with Crippen molar-refractivity contribution in [1.29, 1.82) is 0 Å². The zero-order chi connectivity index (χ0) is 16.1. The maximum Gasteiger partial charge on any atom is 0.224 e. The van der Waals surface area contributed by atoms with Crippen LogP contribution in [0.15, 0.2) is 24.3 Å². The van der Waals surface area contributed by atoms with Gasteiger partial charge in [0.05, 0.1) is 23.7 Å². The molecule has 4 nitrogen and oxygen atoms in total. The van der Waals surface area contributed by atoms with E-state index < -0.39 is 0 Å². The summed E-state index contributed by atoms with van der Waals surface area (Å²) in [7, 11) is 4.01. The van der Waals surface area contributed by atoms with Gasteiger partial charge >= 0.3 is 0 Å². The van der Waals surface area contributed by atoms with Crippen LogP contribution in [0.25, 0.3) is 0 Å². The van der Waals surface area contributed by atoms with Crippen LogP contribution in [0.1, 0.15) is 28.1 Å². The molecule has 0 aliphatic heterocycles. The van der Waals surface area contributed by atoms with Gasteiger partial charge in [0.1, 0.15) is 0 Å². The SMILES string of the molecule is CCc1nc(C)sc1CNC(=O)Cc1ccc(N(C)C)cc1. The minimum atomic E-state index is 0.0470. The maximum atomic E-state index is 12.1. The molecule has 1 heterocycles. The number of aryl methyl sites for hydroxylation is 2. The first-order valence-electron chi connectivity index (χ1n) is 7.47. The number of amides is 1. The molecule has 0 bridgehead atoms. The van der Waals surface area contributed by atoms with Crippen LogP contribution in [0.5, 0.6) is 0 Å². The van der Waals surface area contributed by atoms with E-state index in [-0.39, 0.29) is 5.91 Å². The fourth-order valence-electron chi connectivity index (χ4n) is 2.27. The normalized spacial score (nSPS) is 10.5. The van der Waals surface area contributed by atoms with E-state index in [1.54, 1.807) is 11.3 Å². The lowest BCUT2D eigenvalue weighted by Gasteiger charge is -2.12. The van der Waals surface area contributed by atoms with Gasteiger partial charge in [0, 0.05) is 24.7 Å². The number of nitrogens with one attached hydrogen (secondary N) is 1. The Morgan fingerprint density at radius 1 is 1.27 bits per heavy atom. The van der Waals surface area contributed by atoms with E-state index in [0.717, 1.165) is 33.3 Å². The molecule has 22 heavy (non-hydrogen) atoms. The number of nitrogens with zero attached hydrogens (tertiary/aromatic N) is 2. The highest BCUT2D eigenvalue weighted by molar-refractivity contribution is 7.11. The summed E-state index contributed by atoms with van der Waals surface area (Å²) in [6.07, 6.45) is 1.31. The van der Waals surface area contributed by atoms with Crippen molar-refractivity contribution in [1.82, 2.24) is 10.3 Å². The predicted molar refractivity (Wildman–Crippen MR) is 92.5 cm³/mol. The summed E-state index contributed by atoms with van der Waals surface area (Å²) in [6, 6.07) is 8.07. The fourth-order valence-corrected chi connectivity index (χ4v) is 3.23. The van der Waals surface area contributed by atoms with E-state index in [2.05, 4.69) is 17.2 Å². The van der Waals surface area contributed by atoms with Crippen LogP contribution in [0, 0.1) is 6.92 Å². The summed E-state index contributed by atoms with van der Waals surface area (Å²) in [6.45, 7) is 4.66. The first kappa shape index (κ1) is 16.5. The first-order valence-corrected chi connectivity index (χ1v) is 8.29. The Kier molecular flexibility index (Phi) is 5.55. The molecule has 1 amide bonds. The van der Waals surface area contributed by atoms with Crippen LogP contribution >= 0.6 is 11.3 Å². The summed E-state index contributed by atoms with van der Waals surface area (Å²) in [5.74, 6) is 0.0470. The quantitative estimate of drug-likeness (QED) is 0.891. The lowest BCUT2D eigenvalue weighted by Crippen LogP contribution is -2.24. The van der Waals surface area contributed by atoms with E-state index in [1.807, 2.05) is 50.2 Å². The highest BCUT2D eigenvalue weighted by atomic mass is 32.1. The standard InChI is InChI=1S/C17H23N3OS/c1-5-15-16(22-12(2)19-15)11-18-17(21)10-13-6-8-14(9-7-13)20(3)4/h6-9H,5,10-11H2,1-4H3,(H,18,21). The average Bonchev–Trinajstić information content (AvgIpc) is 2.86. The number of benzene rings is 1. The van der Waals surface area contributed by atoms with Crippen LogP contribution in [0.3, 0.4) is 0 Å². The third-order valence-corrected chi connectivity index (χ3v) is 4.50. The van der Waals surface area contributed by atoms with Crippen molar-refractivity contribution in [2.24, 2.45) is 0 Å². The van der Waals surface area contributed by atoms with E-state index >= 15 is 0 Å². The van der Waals surface area contributed by atoms with E-state index in [9.17, 15) is 4.79 Å². The van der Waals surface area contributed by atoms with Crippen molar-refractivity contribution in [3.05, 3.63) is 45.4 Å². The number of hydrogen-bond donors (Lipinski definition) is 1. The van der Waals surface area contributed by atoms with Gasteiger partial charge in [0.15, 0.2) is 0 Å². The van der Waals surface area contributed by atoms with Gasteiger partial charge in [-0.15, -0.1) is 11.3 Å². The molecule has 5 heteroatoms. The maximum absolute atomic E-state index is 12.1. The predicted octanol–water partition coefficient (Wildman–Crippen LogP) is 2.94. The number of carbonyl (C=O) groups excluding carboxylic acids is 1. The Balaban J connectivity index is 1.90. The van der Waals surface area contributed by atoms with Crippen molar-refractivity contribution >= 4 is 22.9 Å². The molecule has 0 atom stereocenters. The second kappa shape index (κ2) is 7.40. The Morgan fingerprint density at radius 2 is 1.95 bits per heavy atom. The smallest absolute Gasteiger partial charge is 0.224 e. The molecule has 2 rings (SSSR count). The zero-order valence-electron chi connectivity index (χ0n) is 13.6. The summed E-state index contributed by atoms with van der Waals surface area (Å²) in [4.78, 5) is 19.8. The van der Waals surface area contributed by atoms with Crippen LogP contribution < -0.4 is 10.2 Å². The minimum absolute atomic E-state index is 0.0470. The number of carbonyl (C=O) groups is 1. The Labute approximate surface area is 136 Å². The van der Waals surface area contributed by atoms with Crippen LogP contribution in [-0.4, -0.2) is 25.0 Å². The number of aromatic nitrogens is 1. The highest BCUT2D eigenvalue weighted by Gasteiger charge is 2.09. The van der Waals surface area contributed by atoms with Gasteiger partial charge in [-0.05, 0) is 31.0 Å². The molecule has 0 fully saturated rings. The topological polar surface area (TPSA) is 45.2 Å². The first-order chi connectivity index (χ1) is 10.5. The Morgan fingerprint density at radius 3 is 2.55 bits per heavy atom. The number of hydrogen-bond acceptors (Lipinski definition) is 4. The van der Waals surface area contributed by atoms with Gasteiger partial charge in [-0.3, -0.25) is 4.79 Å². The van der Waals surface area contributed by atoms with Crippen molar-refractivity contribution in [3.63, 3.8) is 0 Å². The Bertz CT molecular complexity index is 632. The zero-order valence-corrected chi connectivity index (χ0v) is 14.5. The van der Waals surface area contributed by atoms with Crippen molar-refractivity contribution in [2.75, 3.05) is 19.0 Å². The van der Waals surface area contributed by atoms with E-state index in [0.29, 0.717) is 13.0 Å². The van der Waals surface area contributed by atoms with Gasteiger partial charge in [-0.1, -0.05) is 19.1 Å². The summed E-state index contributed by atoms with van der Waals surface area (Å²) in [5, 5.41) is 4.05. The van der Waals surface area contributed by atoms with Gasteiger partial charge in [-0.25, -0.2) is 4.98 Å². The molecule has 2 aromatic rings. The van der Waals surface area contributed by atoms with Crippen LogP contribution in [0.4, 0.5) is 5.69 Å². The molecule has 118 valence electrons. The molecule has 0 unspecified atom stereocenters. The van der Waals surface area contributed by atoms with Gasteiger partial charge in [0.25, 0.3) is 0 Å². The van der Waals surface area contributed by atoms with Gasteiger partial charge < -0.3 is 10.2 Å². The van der Waals surface area contributed by atoms with E-state index in [1.165, 1.54) is 0 Å². The number of thiazole rings is 1. The molecular weight excluding hydrogens is 294 g/mol. The fraction of sp³-hybridized carbons (Fsp3) is 0.412. The van der Waals surface area contributed by atoms with Crippen LogP contribution in [0.2, 0.25) is 0 Å². The highest BCUT2D eigenvalue weighted by Crippen LogP contribution is 2.18. The van der Waals surface area contributed by atoms with E-state index in [4.69, 9.17) is 0 Å². The summed E-state index contributed by atoms with van der Waals surface area (Å²) < 4.78 is 0. The molecular formula is C17H23N3OS. The number of anilines is 1. The van der Waals surface area contributed by atoms with Gasteiger partial charge in [0.2, 0.25) is 5.91 Å². The average molecular weight is 317 g/mol. The second-order valence-electron chi connectivity index (χ2n) is 5.47. The molecule has 0 saturated carbocycles. The largest absolute Gasteiger partial charge is 0.378 e. The molecule has 0 saturated heterocycles. The lowest BCUT2D eigenvalue weighted by atomic mass is 10.1. The monoisotopic (exact) mass is 317 g/mol. The molecule has 0 aliphatic rings. The molecule has 1 aromatic carbocycles. The molecule has 1 N–H and O–H groups in total. The van der Waals surface area contributed by atoms with Crippen LogP contribution in [-0.2, 0) is 24.2 Å². The van der Waals surface area contributed by atoms with Crippen molar-refractivity contribution < 1.29 is 4.79 Å². The van der Waals surface area contributed by atoms with Crippen molar-refractivity contribution in [3.8, 4) is 0 Å². The summed E-state index contributed by atoms with van der Waals surface area (Å²) in [5.41, 5.74) is 3.26. The minimum Gasteiger partial charge on any atom is -0.378 e.